The predicted molar refractivity (Wildman–Crippen MR) is 120 cm³/mol. The minimum Gasteiger partial charge on any atom is -0.444 e. The van der Waals surface area contributed by atoms with Gasteiger partial charge in [-0.25, -0.2) is 9.78 Å². The van der Waals surface area contributed by atoms with E-state index in [1.54, 1.807) is 0 Å². The summed E-state index contributed by atoms with van der Waals surface area (Å²) < 4.78 is 8.65. The number of carbonyl (C=O) groups excluding carboxylic acids is 1. The van der Waals surface area contributed by atoms with Crippen molar-refractivity contribution in [2.75, 3.05) is 0 Å². The number of fused-ring (bicyclic) bond motifs is 1. The first-order chi connectivity index (χ1) is 13.6. The highest BCUT2D eigenvalue weighted by Gasteiger charge is 2.27. The van der Waals surface area contributed by atoms with Crippen LogP contribution in [0.3, 0.4) is 0 Å². The second-order valence-corrected chi connectivity index (χ2v) is 9.46. The molecular weight excluding hydrogens is 430 g/mol. The minimum absolute atomic E-state index is 0.136. The molecule has 0 aliphatic heterocycles. The van der Waals surface area contributed by atoms with E-state index in [1.165, 1.54) is 5.56 Å². The van der Waals surface area contributed by atoms with Gasteiger partial charge in [-0.05, 0) is 50.5 Å². The maximum absolute atomic E-state index is 12.5. The van der Waals surface area contributed by atoms with Gasteiger partial charge in [0.15, 0.2) is 0 Å². The van der Waals surface area contributed by atoms with E-state index >= 15 is 0 Å². The summed E-state index contributed by atoms with van der Waals surface area (Å²) in [6.45, 7) is 10.4. The normalized spacial score (nSPS) is 12.9. The number of rotatable bonds is 5. The van der Waals surface area contributed by atoms with E-state index in [0.29, 0.717) is 6.54 Å². The molecule has 0 unspecified atom stereocenters. The molecular formula is C23H28BrN3O2. The van der Waals surface area contributed by atoms with Crippen molar-refractivity contribution in [2.24, 2.45) is 5.92 Å². The molecule has 0 bridgehead atoms. The molecule has 2 aromatic carbocycles. The lowest BCUT2D eigenvalue weighted by Crippen LogP contribution is -2.38. The zero-order valence-corrected chi connectivity index (χ0v) is 19.2. The third kappa shape index (κ3) is 5.38. The van der Waals surface area contributed by atoms with Gasteiger partial charge in [0.05, 0.1) is 17.1 Å². The molecule has 1 atom stereocenters. The second kappa shape index (κ2) is 8.57. The van der Waals surface area contributed by atoms with Crippen LogP contribution in [0.5, 0.6) is 0 Å². The summed E-state index contributed by atoms with van der Waals surface area (Å²) in [5.74, 6) is 0.958. The van der Waals surface area contributed by atoms with Crippen molar-refractivity contribution in [3.63, 3.8) is 0 Å². The maximum Gasteiger partial charge on any atom is 0.408 e. The van der Waals surface area contributed by atoms with Gasteiger partial charge in [0.2, 0.25) is 0 Å². The Morgan fingerprint density at radius 1 is 1.17 bits per heavy atom. The SMILES string of the molecule is CC(C)[C@@H](NC(=O)OC(C)(C)C)c1nc2cc(Br)ccc2n1Cc1ccccc1. The summed E-state index contributed by atoms with van der Waals surface area (Å²) in [4.78, 5) is 17.4. The number of ether oxygens (including phenoxy) is 1. The Balaban J connectivity index is 2.04. The first kappa shape index (κ1) is 21.4. The van der Waals surface area contributed by atoms with E-state index in [2.05, 4.69) is 57.9 Å². The highest BCUT2D eigenvalue weighted by atomic mass is 79.9. The third-order valence-corrected chi connectivity index (χ3v) is 5.03. The molecule has 0 radical (unpaired) electrons. The van der Waals surface area contributed by atoms with Gasteiger partial charge < -0.3 is 14.6 Å². The largest absolute Gasteiger partial charge is 0.444 e. The molecule has 0 saturated carbocycles. The number of hydrogen-bond acceptors (Lipinski definition) is 3. The highest BCUT2D eigenvalue weighted by molar-refractivity contribution is 9.10. The van der Waals surface area contributed by atoms with Crippen LogP contribution in [0.2, 0.25) is 0 Å². The Morgan fingerprint density at radius 2 is 1.86 bits per heavy atom. The predicted octanol–water partition coefficient (Wildman–Crippen LogP) is 6.07. The van der Waals surface area contributed by atoms with Crippen LogP contribution in [0.15, 0.2) is 53.0 Å². The van der Waals surface area contributed by atoms with E-state index in [0.717, 1.165) is 21.3 Å². The topological polar surface area (TPSA) is 56.1 Å². The first-order valence-corrected chi connectivity index (χ1v) is 10.6. The smallest absolute Gasteiger partial charge is 0.408 e. The van der Waals surface area contributed by atoms with Gasteiger partial charge in [-0.2, -0.15) is 0 Å². The van der Waals surface area contributed by atoms with E-state index in [-0.39, 0.29) is 12.0 Å². The molecule has 0 fully saturated rings. The fourth-order valence-electron chi connectivity index (χ4n) is 3.26. The van der Waals surface area contributed by atoms with Crippen LogP contribution in [0.4, 0.5) is 4.79 Å². The molecule has 6 heteroatoms. The van der Waals surface area contributed by atoms with Crippen LogP contribution in [-0.4, -0.2) is 21.2 Å². The fraction of sp³-hybridized carbons (Fsp3) is 0.391. The van der Waals surface area contributed by atoms with E-state index in [9.17, 15) is 4.79 Å². The summed E-state index contributed by atoms with van der Waals surface area (Å²) in [6, 6.07) is 16.1. The molecule has 0 spiro atoms. The van der Waals surface area contributed by atoms with Gasteiger partial charge in [-0.3, -0.25) is 0 Å². The van der Waals surface area contributed by atoms with Crippen LogP contribution < -0.4 is 5.32 Å². The van der Waals surface area contributed by atoms with Crippen molar-refractivity contribution in [3.8, 4) is 0 Å². The highest BCUT2D eigenvalue weighted by Crippen LogP contribution is 2.29. The molecule has 3 rings (SSSR count). The lowest BCUT2D eigenvalue weighted by Gasteiger charge is -2.26. The molecule has 0 aliphatic rings. The number of nitrogens with zero attached hydrogens (tertiary/aromatic N) is 2. The summed E-state index contributed by atoms with van der Waals surface area (Å²) in [6.07, 6.45) is -0.435. The zero-order chi connectivity index (χ0) is 21.2. The van der Waals surface area contributed by atoms with Crippen molar-refractivity contribution in [3.05, 3.63) is 64.4 Å². The summed E-state index contributed by atoms with van der Waals surface area (Å²) in [7, 11) is 0. The number of imidazole rings is 1. The first-order valence-electron chi connectivity index (χ1n) is 9.83. The molecule has 1 heterocycles. The zero-order valence-electron chi connectivity index (χ0n) is 17.6. The van der Waals surface area contributed by atoms with E-state index in [4.69, 9.17) is 9.72 Å². The molecule has 1 N–H and O–H groups in total. The quantitative estimate of drug-likeness (QED) is 0.505. The molecule has 3 aromatic rings. The average Bonchev–Trinajstić information content (AvgIpc) is 2.96. The maximum atomic E-state index is 12.5. The fourth-order valence-corrected chi connectivity index (χ4v) is 3.60. The summed E-state index contributed by atoms with van der Waals surface area (Å²) in [5.41, 5.74) is 2.54. The summed E-state index contributed by atoms with van der Waals surface area (Å²) in [5, 5.41) is 3.03. The molecule has 5 nitrogen and oxygen atoms in total. The Hall–Kier alpha value is -2.34. The van der Waals surface area contributed by atoms with Crippen molar-refractivity contribution >= 4 is 33.1 Å². The monoisotopic (exact) mass is 457 g/mol. The van der Waals surface area contributed by atoms with Gasteiger partial charge in [-0.1, -0.05) is 60.1 Å². The molecule has 0 aliphatic carbocycles. The van der Waals surface area contributed by atoms with Crippen LogP contribution in [0, 0.1) is 5.92 Å². The molecule has 1 aromatic heterocycles. The summed E-state index contributed by atoms with van der Waals surface area (Å²) >= 11 is 3.53. The molecule has 0 saturated heterocycles. The van der Waals surface area contributed by atoms with Crippen molar-refractivity contribution in [1.82, 2.24) is 14.9 Å². The third-order valence-electron chi connectivity index (χ3n) is 4.54. The second-order valence-electron chi connectivity index (χ2n) is 8.54. The number of nitrogens with one attached hydrogen (secondary N) is 1. The van der Waals surface area contributed by atoms with E-state index < -0.39 is 11.7 Å². The van der Waals surface area contributed by atoms with Crippen molar-refractivity contribution in [2.45, 2.75) is 52.8 Å². The average molecular weight is 458 g/mol. The van der Waals surface area contributed by atoms with Crippen molar-refractivity contribution < 1.29 is 9.53 Å². The number of aromatic nitrogens is 2. The molecule has 29 heavy (non-hydrogen) atoms. The van der Waals surface area contributed by atoms with Crippen LogP contribution in [0.1, 0.15) is 52.0 Å². The lowest BCUT2D eigenvalue weighted by atomic mass is 10.0. The number of hydrogen-bond donors (Lipinski definition) is 1. The van der Waals surface area contributed by atoms with Crippen molar-refractivity contribution in [1.29, 1.82) is 0 Å². The van der Waals surface area contributed by atoms with Gasteiger partial charge in [0, 0.05) is 11.0 Å². The minimum atomic E-state index is -0.555. The van der Waals surface area contributed by atoms with Gasteiger partial charge >= 0.3 is 6.09 Å². The molecule has 154 valence electrons. The van der Waals surface area contributed by atoms with E-state index in [1.807, 2.05) is 51.1 Å². The van der Waals surface area contributed by atoms with Crippen LogP contribution >= 0.6 is 15.9 Å². The van der Waals surface area contributed by atoms with Gasteiger partial charge in [0.1, 0.15) is 11.4 Å². The molecule has 1 amide bonds. The number of carbonyl (C=O) groups is 1. The lowest BCUT2D eigenvalue weighted by molar-refractivity contribution is 0.0485. The number of amides is 1. The van der Waals surface area contributed by atoms with Crippen LogP contribution in [0.25, 0.3) is 11.0 Å². The van der Waals surface area contributed by atoms with Gasteiger partial charge in [-0.15, -0.1) is 0 Å². The van der Waals surface area contributed by atoms with Gasteiger partial charge in [0.25, 0.3) is 0 Å². The Bertz CT molecular complexity index is 991. The number of halogens is 1. The standard InChI is InChI=1S/C23H28BrN3O2/c1-15(2)20(26-22(28)29-23(3,4)5)21-25-18-13-17(24)11-12-19(18)27(21)14-16-9-7-6-8-10-16/h6-13,15,20H,14H2,1-5H3,(H,26,28)/t20-/m1/s1. The Labute approximate surface area is 180 Å². The number of alkyl carbamates (subject to hydrolysis) is 1. The van der Waals surface area contributed by atoms with Crippen LogP contribution in [-0.2, 0) is 11.3 Å². The number of benzene rings is 2. The Kier molecular flexibility index (Phi) is 6.32. The Morgan fingerprint density at radius 3 is 2.48 bits per heavy atom.